The molecule has 0 aromatic heterocycles. The van der Waals surface area contributed by atoms with Crippen molar-refractivity contribution >= 4 is 0 Å². The monoisotopic (exact) mass is 240 g/mol. The Balaban J connectivity index is 1.97. The summed E-state index contributed by atoms with van der Waals surface area (Å²) < 4.78 is 16.2. The zero-order valence-corrected chi connectivity index (χ0v) is 10.4. The van der Waals surface area contributed by atoms with Gasteiger partial charge >= 0.3 is 0 Å². The van der Waals surface area contributed by atoms with E-state index in [1.807, 2.05) is 37.3 Å². The summed E-state index contributed by atoms with van der Waals surface area (Å²) in [6.45, 7) is 5.02. The van der Waals surface area contributed by atoms with Crippen LogP contribution in [-0.2, 0) is 20.8 Å². The van der Waals surface area contributed by atoms with E-state index in [2.05, 4.69) is 5.73 Å². The maximum atomic E-state index is 5.48. The molecule has 96 valence electrons. The first-order chi connectivity index (χ1) is 8.33. The minimum Gasteiger partial charge on any atom is -0.374 e. The average Bonchev–Trinajstić information content (AvgIpc) is 2.37. The molecule has 0 saturated heterocycles. The van der Waals surface area contributed by atoms with Crippen LogP contribution in [0.4, 0.5) is 0 Å². The zero-order chi connectivity index (χ0) is 12.3. The first kappa shape index (κ1) is 14.1. The van der Waals surface area contributed by atoms with E-state index in [4.69, 9.17) is 14.2 Å². The number of quaternary nitrogens is 1. The molecule has 1 rings (SSSR count). The fourth-order valence-corrected chi connectivity index (χ4v) is 1.33. The summed E-state index contributed by atoms with van der Waals surface area (Å²) in [5, 5.41) is 0. The number of hydrogen-bond donors (Lipinski definition) is 1. The molecular formula is C13H22NO3+. The van der Waals surface area contributed by atoms with Crippen molar-refractivity contribution in [2.75, 3.05) is 26.4 Å². The van der Waals surface area contributed by atoms with Crippen molar-refractivity contribution in [3.8, 4) is 0 Å². The van der Waals surface area contributed by atoms with E-state index in [1.54, 1.807) is 0 Å². The standard InChI is InChI=1S/C13H21NO3/c1-12(16-8-7-14)17-10-9-15-11-13-5-3-2-4-6-13/h2-6,12H,7-11,14H2,1H3/p+1/t12-/m0/s1. The van der Waals surface area contributed by atoms with E-state index in [-0.39, 0.29) is 6.29 Å². The molecule has 0 aliphatic heterocycles. The molecule has 0 fully saturated rings. The molecule has 0 heterocycles. The molecule has 1 aromatic carbocycles. The largest absolute Gasteiger partial charge is 0.374 e. The normalized spacial score (nSPS) is 12.6. The van der Waals surface area contributed by atoms with Crippen molar-refractivity contribution in [3.63, 3.8) is 0 Å². The summed E-state index contributed by atoms with van der Waals surface area (Å²) in [5.41, 5.74) is 4.87. The molecule has 4 nitrogen and oxygen atoms in total. The first-order valence-corrected chi connectivity index (χ1v) is 5.97. The van der Waals surface area contributed by atoms with E-state index < -0.39 is 0 Å². The van der Waals surface area contributed by atoms with Crippen LogP contribution in [0.5, 0.6) is 0 Å². The Hall–Kier alpha value is -0.940. The Morgan fingerprint density at radius 2 is 1.76 bits per heavy atom. The molecule has 17 heavy (non-hydrogen) atoms. The van der Waals surface area contributed by atoms with Gasteiger partial charge in [0.25, 0.3) is 0 Å². The van der Waals surface area contributed by atoms with Gasteiger partial charge in [-0.3, -0.25) is 0 Å². The van der Waals surface area contributed by atoms with Crippen LogP contribution in [0.1, 0.15) is 12.5 Å². The highest BCUT2D eigenvalue weighted by Crippen LogP contribution is 2.00. The van der Waals surface area contributed by atoms with E-state index in [0.29, 0.717) is 26.4 Å². The second kappa shape index (κ2) is 9.13. The summed E-state index contributed by atoms with van der Waals surface area (Å²) in [6.07, 6.45) is -0.183. The Labute approximate surface area is 103 Å². The lowest BCUT2D eigenvalue weighted by Gasteiger charge is -2.12. The number of benzene rings is 1. The van der Waals surface area contributed by atoms with Crippen molar-refractivity contribution in [2.24, 2.45) is 0 Å². The quantitative estimate of drug-likeness (QED) is 0.513. The molecule has 1 aromatic rings. The van der Waals surface area contributed by atoms with Gasteiger partial charge in [0.2, 0.25) is 0 Å². The summed E-state index contributed by atoms with van der Waals surface area (Å²) >= 11 is 0. The lowest BCUT2D eigenvalue weighted by molar-refractivity contribution is -0.378. The fourth-order valence-electron chi connectivity index (χ4n) is 1.33. The number of hydrogen-bond acceptors (Lipinski definition) is 3. The molecule has 0 aliphatic carbocycles. The molecule has 0 aliphatic rings. The second-order valence-electron chi connectivity index (χ2n) is 3.70. The van der Waals surface area contributed by atoms with Gasteiger partial charge in [0.15, 0.2) is 6.29 Å². The molecule has 0 saturated carbocycles. The highest BCUT2D eigenvalue weighted by atomic mass is 16.7. The Morgan fingerprint density at radius 3 is 2.47 bits per heavy atom. The van der Waals surface area contributed by atoms with Crippen molar-refractivity contribution in [2.45, 2.75) is 19.8 Å². The lowest BCUT2D eigenvalue weighted by atomic mass is 10.2. The molecule has 3 N–H and O–H groups in total. The highest BCUT2D eigenvalue weighted by molar-refractivity contribution is 5.13. The van der Waals surface area contributed by atoms with Crippen molar-refractivity contribution in [3.05, 3.63) is 35.9 Å². The van der Waals surface area contributed by atoms with Crippen LogP contribution in [0.25, 0.3) is 0 Å². The Bertz CT molecular complexity index is 279. The summed E-state index contributed by atoms with van der Waals surface area (Å²) in [7, 11) is 0. The Morgan fingerprint density at radius 1 is 1.06 bits per heavy atom. The molecule has 1 atom stereocenters. The molecular weight excluding hydrogens is 218 g/mol. The van der Waals surface area contributed by atoms with Crippen LogP contribution in [0, 0.1) is 0 Å². The summed E-state index contributed by atoms with van der Waals surface area (Å²) in [5.74, 6) is 0. The average molecular weight is 240 g/mol. The van der Waals surface area contributed by atoms with Crippen LogP contribution in [0.2, 0.25) is 0 Å². The molecule has 0 amide bonds. The second-order valence-corrected chi connectivity index (χ2v) is 3.70. The van der Waals surface area contributed by atoms with Crippen LogP contribution in [0.15, 0.2) is 30.3 Å². The molecule has 4 heteroatoms. The third kappa shape index (κ3) is 7.07. The molecule has 0 bridgehead atoms. The third-order valence-corrected chi connectivity index (χ3v) is 2.19. The van der Waals surface area contributed by atoms with Gasteiger partial charge < -0.3 is 19.9 Å². The van der Waals surface area contributed by atoms with Crippen LogP contribution < -0.4 is 5.73 Å². The zero-order valence-electron chi connectivity index (χ0n) is 10.4. The topological polar surface area (TPSA) is 55.3 Å². The minimum atomic E-state index is -0.183. The van der Waals surface area contributed by atoms with Gasteiger partial charge in [0.1, 0.15) is 0 Å². The van der Waals surface area contributed by atoms with E-state index >= 15 is 0 Å². The number of ether oxygens (including phenoxy) is 3. The van der Waals surface area contributed by atoms with Crippen LogP contribution in [0.3, 0.4) is 0 Å². The minimum absolute atomic E-state index is 0.183. The lowest BCUT2D eigenvalue weighted by Crippen LogP contribution is -2.52. The fraction of sp³-hybridized carbons (Fsp3) is 0.538. The van der Waals surface area contributed by atoms with Crippen LogP contribution in [-0.4, -0.2) is 32.7 Å². The molecule has 0 spiro atoms. The summed E-state index contributed by atoms with van der Waals surface area (Å²) in [6, 6.07) is 10.1. The van der Waals surface area contributed by atoms with Gasteiger partial charge in [-0.15, -0.1) is 0 Å². The van der Waals surface area contributed by atoms with Gasteiger partial charge in [-0.25, -0.2) is 0 Å². The smallest absolute Gasteiger partial charge is 0.155 e. The van der Waals surface area contributed by atoms with Gasteiger partial charge in [-0.2, -0.15) is 0 Å². The predicted molar refractivity (Wildman–Crippen MR) is 65.2 cm³/mol. The highest BCUT2D eigenvalue weighted by Gasteiger charge is 2.01. The third-order valence-electron chi connectivity index (χ3n) is 2.19. The van der Waals surface area contributed by atoms with E-state index in [9.17, 15) is 0 Å². The first-order valence-electron chi connectivity index (χ1n) is 5.97. The summed E-state index contributed by atoms with van der Waals surface area (Å²) in [4.78, 5) is 0. The van der Waals surface area contributed by atoms with Crippen molar-refractivity contribution in [1.29, 1.82) is 0 Å². The van der Waals surface area contributed by atoms with E-state index in [0.717, 1.165) is 6.54 Å². The van der Waals surface area contributed by atoms with Gasteiger partial charge in [-0.05, 0) is 12.5 Å². The van der Waals surface area contributed by atoms with Gasteiger partial charge in [0, 0.05) is 0 Å². The van der Waals surface area contributed by atoms with Crippen LogP contribution >= 0.6 is 0 Å². The number of rotatable bonds is 9. The Kier molecular flexibility index (Phi) is 7.58. The predicted octanol–water partition coefficient (Wildman–Crippen LogP) is 0.824. The maximum Gasteiger partial charge on any atom is 0.155 e. The van der Waals surface area contributed by atoms with Crippen molar-refractivity contribution < 1.29 is 19.9 Å². The molecule has 0 unspecified atom stereocenters. The van der Waals surface area contributed by atoms with Gasteiger partial charge in [-0.1, -0.05) is 30.3 Å². The molecule has 0 radical (unpaired) electrons. The van der Waals surface area contributed by atoms with E-state index in [1.165, 1.54) is 5.56 Å². The SMILES string of the molecule is C[C@@H](OCC[NH3+])OCCOCc1ccccc1. The van der Waals surface area contributed by atoms with Crippen molar-refractivity contribution in [1.82, 2.24) is 0 Å². The van der Waals surface area contributed by atoms with Gasteiger partial charge in [0.05, 0.1) is 33.0 Å². The maximum absolute atomic E-state index is 5.48.